The quantitative estimate of drug-likeness (QED) is 0.815. The van der Waals surface area contributed by atoms with E-state index in [-0.39, 0.29) is 5.75 Å². The van der Waals surface area contributed by atoms with Gasteiger partial charge in [-0.15, -0.1) is 0 Å². The fourth-order valence-corrected chi connectivity index (χ4v) is 1.99. The minimum absolute atomic E-state index is 0.0383. The summed E-state index contributed by atoms with van der Waals surface area (Å²) in [4.78, 5) is 13.2. The lowest BCUT2D eigenvalue weighted by molar-refractivity contribution is -0.143. The fourth-order valence-electron chi connectivity index (χ4n) is 1.99. The van der Waals surface area contributed by atoms with Crippen molar-refractivity contribution in [3.05, 3.63) is 29.3 Å². The van der Waals surface area contributed by atoms with Crippen LogP contribution in [0.2, 0.25) is 0 Å². The Morgan fingerprint density at radius 2 is 2.11 bits per heavy atom. The van der Waals surface area contributed by atoms with Crippen molar-refractivity contribution in [3.63, 3.8) is 0 Å². The Labute approximate surface area is 108 Å². The number of nitrogens with zero attached hydrogens (tertiary/aromatic N) is 1. The number of benzene rings is 1. The van der Waals surface area contributed by atoms with E-state index >= 15 is 0 Å². The first-order valence-corrected chi connectivity index (χ1v) is 6.20. The number of rotatable bonds is 6. The van der Waals surface area contributed by atoms with Crippen LogP contribution in [-0.2, 0) is 4.79 Å². The molecule has 0 fully saturated rings. The number of unbranched alkanes of at least 4 members (excludes halogenated alkanes) is 1. The lowest BCUT2D eigenvalue weighted by Gasteiger charge is -2.25. The van der Waals surface area contributed by atoms with Crippen LogP contribution >= 0.6 is 0 Å². The second kappa shape index (κ2) is 6.40. The molecule has 0 aromatic heterocycles. The summed E-state index contributed by atoms with van der Waals surface area (Å²) < 4.78 is 0. The standard InChI is InChI=1S/C14H21NO3/c1-4-5-8-15(3)13(14(17)18)11-9-10(2)6-7-12(11)16/h6-7,9,13,16H,4-5,8H2,1-3H3,(H,17,18). The lowest BCUT2D eigenvalue weighted by atomic mass is 10.0. The molecule has 4 heteroatoms. The molecule has 18 heavy (non-hydrogen) atoms. The third-order valence-corrected chi connectivity index (χ3v) is 3.02. The molecule has 0 amide bonds. The zero-order valence-electron chi connectivity index (χ0n) is 11.2. The van der Waals surface area contributed by atoms with Crippen LogP contribution in [0.5, 0.6) is 5.75 Å². The number of aromatic hydroxyl groups is 1. The SMILES string of the molecule is CCCCN(C)C(C(=O)O)c1cc(C)ccc1O. The molecule has 1 aromatic carbocycles. The minimum atomic E-state index is -0.936. The molecule has 0 radical (unpaired) electrons. The number of hydrogen-bond donors (Lipinski definition) is 2. The summed E-state index contributed by atoms with van der Waals surface area (Å²) in [5.41, 5.74) is 1.40. The first kappa shape index (κ1) is 14.5. The van der Waals surface area contributed by atoms with Crippen LogP contribution in [0.4, 0.5) is 0 Å². The molecule has 0 heterocycles. The number of phenolic OH excluding ortho intramolecular Hbond substituents is 1. The number of aryl methyl sites for hydroxylation is 1. The van der Waals surface area contributed by atoms with Crippen molar-refractivity contribution in [2.24, 2.45) is 0 Å². The first-order chi connectivity index (χ1) is 8.47. The van der Waals surface area contributed by atoms with E-state index in [1.807, 2.05) is 6.92 Å². The van der Waals surface area contributed by atoms with Crippen molar-refractivity contribution in [2.45, 2.75) is 32.7 Å². The van der Waals surface area contributed by atoms with Crippen molar-refractivity contribution in [2.75, 3.05) is 13.6 Å². The van der Waals surface area contributed by atoms with Crippen LogP contribution in [-0.4, -0.2) is 34.7 Å². The molecule has 0 saturated heterocycles. The summed E-state index contributed by atoms with van der Waals surface area (Å²) in [5.74, 6) is -0.897. The van der Waals surface area contributed by atoms with Gasteiger partial charge in [-0.3, -0.25) is 9.69 Å². The Bertz CT molecular complexity index is 418. The third-order valence-electron chi connectivity index (χ3n) is 3.02. The summed E-state index contributed by atoms with van der Waals surface area (Å²) in [6, 6.07) is 4.26. The molecule has 2 N–H and O–H groups in total. The summed E-state index contributed by atoms with van der Waals surface area (Å²) in [6.45, 7) is 4.64. The normalized spacial score (nSPS) is 12.7. The summed E-state index contributed by atoms with van der Waals surface area (Å²) >= 11 is 0. The van der Waals surface area contributed by atoms with E-state index in [1.54, 1.807) is 30.1 Å². The Balaban J connectivity index is 3.04. The highest BCUT2D eigenvalue weighted by Gasteiger charge is 2.26. The molecule has 100 valence electrons. The van der Waals surface area contributed by atoms with Crippen molar-refractivity contribution < 1.29 is 15.0 Å². The molecule has 0 aliphatic carbocycles. The highest BCUT2D eigenvalue weighted by molar-refractivity contribution is 5.76. The van der Waals surface area contributed by atoms with Gasteiger partial charge in [0.15, 0.2) is 0 Å². The Kier molecular flexibility index (Phi) is 5.16. The van der Waals surface area contributed by atoms with Gasteiger partial charge in [-0.05, 0) is 33.0 Å². The van der Waals surface area contributed by atoms with Gasteiger partial charge in [-0.1, -0.05) is 31.0 Å². The van der Waals surface area contributed by atoms with E-state index in [0.29, 0.717) is 12.1 Å². The largest absolute Gasteiger partial charge is 0.508 e. The van der Waals surface area contributed by atoms with Gasteiger partial charge in [0, 0.05) is 5.56 Å². The third kappa shape index (κ3) is 3.47. The molecule has 1 aromatic rings. The predicted molar refractivity (Wildman–Crippen MR) is 70.8 cm³/mol. The van der Waals surface area contributed by atoms with Gasteiger partial charge < -0.3 is 10.2 Å². The Morgan fingerprint density at radius 1 is 1.44 bits per heavy atom. The average Bonchev–Trinajstić information content (AvgIpc) is 2.30. The summed E-state index contributed by atoms with van der Waals surface area (Å²) in [5, 5.41) is 19.2. The van der Waals surface area contributed by atoms with Crippen LogP contribution in [0.25, 0.3) is 0 Å². The van der Waals surface area contributed by atoms with Gasteiger partial charge in [0.2, 0.25) is 0 Å². The van der Waals surface area contributed by atoms with Gasteiger partial charge >= 0.3 is 5.97 Å². The summed E-state index contributed by atoms with van der Waals surface area (Å²) in [6.07, 6.45) is 1.95. The second-order valence-corrected chi connectivity index (χ2v) is 4.64. The molecular formula is C14H21NO3. The predicted octanol–water partition coefficient (Wildman–Crippen LogP) is 2.56. The molecule has 0 saturated carbocycles. The van der Waals surface area contributed by atoms with E-state index in [0.717, 1.165) is 18.4 Å². The van der Waals surface area contributed by atoms with Gasteiger partial charge in [-0.2, -0.15) is 0 Å². The monoisotopic (exact) mass is 251 g/mol. The smallest absolute Gasteiger partial charge is 0.325 e. The molecule has 0 aliphatic rings. The number of hydrogen-bond acceptors (Lipinski definition) is 3. The maximum Gasteiger partial charge on any atom is 0.325 e. The molecule has 4 nitrogen and oxygen atoms in total. The molecule has 0 aliphatic heterocycles. The molecule has 0 bridgehead atoms. The van der Waals surface area contributed by atoms with E-state index in [2.05, 4.69) is 6.92 Å². The van der Waals surface area contributed by atoms with Crippen molar-refractivity contribution in [3.8, 4) is 5.75 Å². The average molecular weight is 251 g/mol. The van der Waals surface area contributed by atoms with Crippen LogP contribution in [0.1, 0.15) is 36.9 Å². The Hall–Kier alpha value is -1.55. The zero-order valence-corrected chi connectivity index (χ0v) is 11.2. The molecule has 0 spiro atoms. The van der Waals surface area contributed by atoms with E-state index < -0.39 is 12.0 Å². The number of aliphatic carboxylic acids is 1. The second-order valence-electron chi connectivity index (χ2n) is 4.64. The number of carboxylic acid groups (broad SMARTS) is 1. The molecule has 1 rings (SSSR count). The number of likely N-dealkylation sites (N-methyl/N-ethyl adjacent to an activating group) is 1. The van der Waals surface area contributed by atoms with Gasteiger partial charge in [0.25, 0.3) is 0 Å². The maximum atomic E-state index is 11.4. The minimum Gasteiger partial charge on any atom is -0.508 e. The Morgan fingerprint density at radius 3 is 2.67 bits per heavy atom. The van der Waals surface area contributed by atoms with Crippen LogP contribution in [0.15, 0.2) is 18.2 Å². The zero-order chi connectivity index (χ0) is 13.7. The maximum absolute atomic E-state index is 11.4. The van der Waals surface area contributed by atoms with Crippen molar-refractivity contribution >= 4 is 5.97 Å². The first-order valence-electron chi connectivity index (χ1n) is 6.20. The molecule has 1 atom stereocenters. The molecule has 1 unspecified atom stereocenters. The van der Waals surface area contributed by atoms with E-state index in [4.69, 9.17) is 0 Å². The number of carbonyl (C=O) groups is 1. The topological polar surface area (TPSA) is 60.8 Å². The van der Waals surface area contributed by atoms with E-state index in [9.17, 15) is 15.0 Å². The fraction of sp³-hybridized carbons (Fsp3) is 0.500. The highest BCUT2D eigenvalue weighted by atomic mass is 16.4. The summed E-state index contributed by atoms with van der Waals surface area (Å²) in [7, 11) is 1.77. The van der Waals surface area contributed by atoms with E-state index in [1.165, 1.54) is 0 Å². The number of carboxylic acids is 1. The molecular weight excluding hydrogens is 230 g/mol. The van der Waals surface area contributed by atoms with Gasteiger partial charge in [0.1, 0.15) is 11.8 Å². The van der Waals surface area contributed by atoms with Crippen LogP contribution in [0, 0.1) is 6.92 Å². The van der Waals surface area contributed by atoms with Crippen molar-refractivity contribution in [1.29, 1.82) is 0 Å². The van der Waals surface area contributed by atoms with Gasteiger partial charge in [0.05, 0.1) is 0 Å². The lowest BCUT2D eigenvalue weighted by Crippen LogP contribution is -2.31. The van der Waals surface area contributed by atoms with Crippen LogP contribution in [0.3, 0.4) is 0 Å². The highest BCUT2D eigenvalue weighted by Crippen LogP contribution is 2.29. The number of phenols is 1. The van der Waals surface area contributed by atoms with Crippen LogP contribution < -0.4 is 0 Å². The van der Waals surface area contributed by atoms with Crippen molar-refractivity contribution in [1.82, 2.24) is 4.90 Å². The van der Waals surface area contributed by atoms with Gasteiger partial charge in [-0.25, -0.2) is 0 Å².